The largest absolute Gasteiger partial charge is 0.496 e. The summed E-state index contributed by atoms with van der Waals surface area (Å²) in [6.45, 7) is 2.00. The van der Waals surface area contributed by atoms with Crippen molar-refractivity contribution < 1.29 is 9.15 Å². The molecule has 0 aliphatic heterocycles. The Labute approximate surface area is 82.3 Å². The highest BCUT2D eigenvalue weighted by atomic mass is 16.5. The lowest BCUT2D eigenvalue weighted by atomic mass is 10.1. The van der Waals surface area contributed by atoms with Crippen molar-refractivity contribution in [2.45, 2.75) is 6.92 Å². The van der Waals surface area contributed by atoms with Crippen molar-refractivity contribution in [3.05, 3.63) is 36.4 Å². The van der Waals surface area contributed by atoms with Crippen molar-refractivity contribution in [1.82, 2.24) is 4.98 Å². The highest BCUT2D eigenvalue weighted by molar-refractivity contribution is 5.60. The van der Waals surface area contributed by atoms with E-state index in [1.165, 1.54) is 6.39 Å². The predicted octanol–water partition coefficient (Wildman–Crippen LogP) is 2.66. The van der Waals surface area contributed by atoms with Crippen LogP contribution in [-0.4, -0.2) is 12.1 Å². The summed E-state index contributed by atoms with van der Waals surface area (Å²) in [4.78, 5) is 3.87. The first kappa shape index (κ1) is 8.81. The molecule has 0 bridgehead atoms. The molecule has 1 aromatic heterocycles. The van der Waals surface area contributed by atoms with Gasteiger partial charge in [0.15, 0.2) is 12.2 Å². The number of hydrogen-bond donors (Lipinski definition) is 0. The monoisotopic (exact) mass is 189 g/mol. The third-order valence-corrected chi connectivity index (χ3v) is 2.12. The molecule has 0 spiro atoms. The minimum absolute atomic E-state index is 0.753. The number of rotatable bonds is 2. The molecule has 0 aliphatic carbocycles. The molecule has 3 nitrogen and oxygen atoms in total. The molecule has 0 N–H and O–H groups in total. The molecule has 3 heteroatoms. The molecule has 0 saturated heterocycles. The molecule has 0 atom stereocenters. The molecule has 1 heterocycles. The molecule has 0 aliphatic rings. The summed E-state index contributed by atoms with van der Waals surface area (Å²) in [7, 11) is 1.66. The molecule has 72 valence electrons. The maximum atomic E-state index is 5.22. The lowest BCUT2D eigenvalue weighted by Crippen LogP contribution is -1.87. The number of ether oxygens (including phenoxy) is 1. The minimum Gasteiger partial charge on any atom is -0.496 e. The van der Waals surface area contributed by atoms with E-state index in [0.29, 0.717) is 0 Å². The van der Waals surface area contributed by atoms with E-state index in [4.69, 9.17) is 9.15 Å². The van der Waals surface area contributed by atoms with Gasteiger partial charge in [-0.3, -0.25) is 0 Å². The van der Waals surface area contributed by atoms with Crippen LogP contribution in [-0.2, 0) is 0 Å². The smallest absolute Gasteiger partial charge is 0.181 e. The van der Waals surface area contributed by atoms with E-state index in [0.717, 1.165) is 22.6 Å². The molecule has 1 aromatic carbocycles. The van der Waals surface area contributed by atoms with Crippen molar-refractivity contribution in [3.8, 4) is 17.1 Å². The zero-order chi connectivity index (χ0) is 9.97. The lowest BCUT2D eigenvalue weighted by molar-refractivity contribution is 0.411. The quantitative estimate of drug-likeness (QED) is 0.728. The number of nitrogens with zero attached hydrogens (tertiary/aromatic N) is 1. The lowest BCUT2D eigenvalue weighted by Gasteiger charge is -2.05. The molecule has 14 heavy (non-hydrogen) atoms. The van der Waals surface area contributed by atoms with Gasteiger partial charge in [0.25, 0.3) is 0 Å². The van der Waals surface area contributed by atoms with E-state index in [1.807, 2.05) is 25.1 Å². The van der Waals surface area contributed by atoms with Crippen LogP contribution in [0.25, 0.3) is 11.3 Å². The molecule has 2 rings (SSSR count). The predicted molar refractivity (Wildman–Crippen MR) is 53.2 cm³/mol. The summed E-state index contributed by atoms with van der Waals surface area (Å²) >= 11 is 0. The second-order valence-corrected chi connectivity index (χ2v) is 3.05. The van der Waals surface area contributed by atoms with E-state index in [2.05, 4.69) is 4.98 Å². The zero-order valence-corrected chi connectivity index (χ0v) is 8.15. The van der Waals surface area contributed by atoms with Crippen molar-refractivity contribution in [2.75, 3.05) is 7.11 Å². The van der Waals surface area contributed by atoms with Crippen LogP contribution < -0.4 is 4.74 Å². The summed E-state index contributed by atoms with van der Waals surface area (Å²) in [6.07, 6.45) is 3.10. The second-order valence-electron chi connectivity index (χ2n) is 3.05. The van der Waals surface area contributed by atoms with Crippen molar-refractivity contribution in [2.24, 2.45) is 0 Å². The fraction of sp³-hybridized carbons (Fsp3) is 0.182. The summed E-state index contributed by atoms with van der Waals surface area (Å²) in [5.74, 6) is 1.61. The Hall–Kier alpha value is -1.77. The van der Waals surface area contributed by atoms with Gasteiger partial charge < -0.3 is 9.15 Å². The Bertz CT molecular complexity index is 421. The van der Waals surface area contributed by atoms with Gasteiger partial charge in [0.05, 0.1) is 13.3 Å². The highest BCUT2D eigenvalue weighted by Crippen LogP contribution is 2.26. The number of hydrogen-bond acceptors (Lipinski definition) is 3. The highest BCUT2D eigenvalue weighted by Gasteiger charge is 2.04. The average molecular weight is 189 g/mol. The van der Waals surface area contributed by atoms with E-state index >= 15 is 0 Å². The van der Waals surface area contributed by atoms with Gasteiger partial charge in [-0.15, -0.1) is 0 Å². The maximum Gasteiger partial charge on any atom is 0.181 e. The Morgan fingerprint density at radius 1 is 1.36 bits per heavy atom. The summed E-state index contributed by atoms with van der Waals surface area (Å²) in [5.41, 5.74) is 2.08. The summed E-state index contributed by atoms with van der Waals surface area (Å²) < 4.78 is 10.4. The second kappa shape index (κ2) is 3.54. The standard InChI is InChI=1S/C11H11NO2/c1-8-3-4-9(5-10(8)13-2)11-6-12-7-14-11/h3-7H,1-2H3. The van der Waals surface area contributed by atoms with Crippen LogP contribution in [0.4, 0.5) is 0 Å². The van der Waals surface area contributed by atoms with E-state index in [9.17, 15) is 0 Å². The van der Waals surface area contributed by atoms with Gasteiger partial charge in [0, 0.05) is 5.56 Å². The molecule has 0 saturated carbocycles. The van der Waals surface area contributed by atoms with Crippen molar-refractivity contribution >= 4 is 0 Å². The molecular weight excluding hydrogens is 178 g/mol. The molecule has 0 fully saturated rings. The number of methoxy groups -OCH3 is 1. The first-order chi connectivity index (χ1) is 6.81. The van der Waals surface area contributed by atoms with Crippen LogP contribution in [0.3, 0.4) is 0 Å². The number of aromatic nitrogens is 1. The Kier molecular flexibility index (Phi) is 2.23. The third-order valence-electron chi connectivity index (χ3n) is 2.12. The zero-order valence-electron chi connectivity index (χ0n) is 8.15. The fourth-order valence-electron chi connectivity index (χ4n) is 1.33. The van der Waals surface area contributed by atoms with Gasteiger partial charge in [0.2, 0.25) is 0 Å². The van der Waals surface area contributed by atoms with Crippen LogP contribution in [0, 0.1) is 6.92 Å². The molecule has 0 radical (unpaired) electrons. The van der Waals surface area contributed by atoms with Gasteiger partial charge >= 0.3 is 0 Å². The minimum atomic E-state index is 0.753. The number of benzene rings is 1. The average Bonchev–Trinajstić information content (AvgIpc) is 2.71. The number of oxazole rings is 1. The number of aryl methyl sites for hydroxylation is 1. The van der Waals surface area contributed by atoms with E-state index in [1.54, 1.807) is 13.3 Å². The third kappa shape index (κ3) is 1.48. The Balaban J connectivity index is 2.46. The van der Waals surface area contributed by atoms with Crippen LogP contribution in [0.1, 0.15) is 5.56 Å². The van der Waals surface area contributed by atoms with E-state index in [-0.39, 0.29) is 0 Å². The normalized spacial score (nSPS) is 10.1. The van der Waals surface area contributed by atoms with Gasteiger partial charge in [-0.1, -0.05) is 12.1 Å². The van der Waals surface area contributed by atoms with Crippen molar-refractivity contribution in [1.29, 1.82) is 0 Å². The van der Waals surface area contributed by atoms with E-state index < -0.39 is 0 Å². The van der Waals surface area contributed by atoms with Crippen LogP contribution in [0.2, 0.25) is 0 Å². The fourth-order valence-corrected chi connectivity index (χ4v) is 1.33. The maximum absolute atomic E-state index is 5.22. The molecule has 0 amide bonds. The van der Waals surface area contributed by atoms with Gasteiger partial charge in [0.1, 0.15) is 5.75 Å². The molecule has 2 aromatic rings. The molecule has 0 unspecified atom stereocenters. The van der Waals surface area contributed by atoms with Gasteiger partial charge in [-0.25, -0.2) is 4.98 Å². The van der Waals surface area contributed by atoms with Gasteiger partial charge in [-0.05, 0) is 18.6 Å². The van der Waals surface area contributed by atoms with Crippen molar-refractivity contribution in [3.63, 3.8) is 0 Å². The first-order valence-corrected chi connectivity index (χ1v) is 4.35. The Morgan fingerprint density at radius 3 is 2.86 bits per heavy atom. The SMILES string of the molecule is COc1cc(-c2cnco2)ccc1C. The summed E-state index contributed by atoms with van der Waals surface area (Å²) in [5, 5.41) is 0. The Morgan fingerprint density at radius 2 is 2.21 bits per heavy atom. The topological polar surface area (TPSA) is 35.3 Å². The van der Waals surface area contributed by atoms with Gasteiger partial charge in [-0.2, -0.15) is 0 Å². The van der Waals surface area contributed by atoms with Crippen LogP contribution in [0.5, 0.6) is 5.75 Å². The molecular formula is C11H11NO2. The van der Waals surface area contributed by atoms with Crippen LogP contribution >= 0.6 is 0 Å². The summed E-state index contributed by atoms with van der Waals surface area (Å²) in [6, 6.07) is 5.92. The van der Waals surface area contributed by atoms with Crippen LogP contribution in [0.15, 0.2) is 35.2 Å². The first-order valence-electron chi connectivity index (χ1n) is 4.35.